The van der Waals surface area contributed by atoms with Crippen molar-refractivity contribution in [2.75, 3.05) is 37.6 Å². The summed E-state index contributed by atoms with van der Waals surface area (Å²) in [6.07, 6.45) is 5.41. The summed E-state index contributed by atoms with van der Waals surface area (Å²) in [5, 5.41) is 0. The van der Waals surface area contributed by atoms with Gasteiger partial charge in [0.15, 0.2) is 0 Å². The summed E-state index contributed by atoms with van der Waals surface area (Å²) in [7, 11) is 0. The Bertz CT molecular complexity index is 980. The lowest BCUT2D eigenvalue weighted by Gasteiger charge is -2.48. The number of rotatable bonds is 4. The first-order valence-corrected chi connectivity index (χ1v) is 12.2. The molecule has 8 nitrogen and oxygen atoms in total. The zero-order valence-electron chi connectivity index (χ0n) is 19.3. The predicted molar refractivity (Wildman–Crippen MR) is 122 cm³/mol. The number of nitrogens with zero attached hydrogens (tertiary/aromatic N) is 4. The van der Waals surface area contributed by atoms with Gasteiger partial charge < -0.3 is 14.7 Å². The molecule has 1 aromatic rings. The van der Waals surface area contributed by atoms with E-state index in [4.69, 9.17) is 0 Å². The number of carbonyl (C=O) groups is 4. The first kappa shape index (κ1) is 21.9. The highest BCUT2D eigenvalue weighted by Gasteiger charge is 2.52. The lowest BCUT2D eigenvalue weighted by Crippen LogP contribution is -2.62. The third kappa shape index (κ3) is 3.69. The number of piperazine rings is 1. The van der Waals surface area contributed by atoms with E-state index in [2.05, 4.69) is 0 Å². The molecule has 3 aliphatic heterocycles. The first-order chi connectivity index (χ1) is 15.9. The van der Waals surface area contributed by atoms with Gasteiger partial charge in [-0.05, 0) is 38.3 Å². The summed E-state index contributed by atoms with van der Waals surface area (Å²) in [4.78, 5) is 58.8. The SMILES string of the molecule is CC12CCC(=O)N1c1ccccc1C(=O)N2CCC(=O)N1CCN(C(=O)C2CCCC2)CC1. The Morgan fingerprint density at radius 3 is 2.39 bits per heavy atom. The molecule has 0 bridgehead atoms. The number of fused-ring (bicyclic) bond motifs is 3. The standard InChI is InChI=1S/C25H32N4O4/c1-25-12-10-22(31)29(25)20-9-5-4-8-19(20)24(33)28(25)13-11-21(30)26-14-16-27(17-15-26)23(32)18-6-2-3-7-18/h4-5,8-9,18H,2-3,6-7,10-17H2,1H3. The average molecular weight is 453 g/mol. The molecule has 0 aromatic heterocycles. The van der Waals surface area contributed by atoms with Crippen molar-refractivity contribution in [3.63, 3.8) is 0 Å². The molecule has 0 N–H and O–H groups in total. The number of anilines is 1. The van der Waals surface area contributed by atoms with Crippen molar-refractivity contribution >= 4 is 29.3 Å². The van der Waals surface area contributed by atoms with Crippen molar-refractivity contribution in [2.45, 2.75) is 57.5 Å². The van der Waals surface area contributed by atoms with Gasteiger partial charge in [0.05, 0.1) is 11.3 Å². The molecule has 4 amide bonds. The molecule has 8 heteroatoms. The Morgan fingerprint density at radius 1 is 1.00 bits per heavy atom. The molecule has 0 spiro atoms. The minimum absolute atomic E-state index is 0.00547. The zero-order chi connectivity index (χ0) is 23.2. The van der Waals surface area contributed by atoms with Crippen LogP contribution < -0.4 is 4.90 Å². The van der Waals surface area contributed by atoms with Crippen LogP contribution in [0.1, 0.15) is 62.2 Å². The summed E-state index contributed by atoms with van der Waals surface area (Å²) < 4.78 is 0. The first-order valence-electron chi connectivity index (χ1n) is 12.2. The molecule has 1 aliphatic carbocycles. The molecule has 3 heterocycles. The number of benzene rings is 1. The largest absolute Gasteiger partial charge is 0.339 e. The summed E-state index contributed by atoms with van der Waals surface area (Å²) in [6.45, 7) is 4.43. The fourth-order valence-electron chi connectivity index (χ4n) is 6.01. The minimum Gasteiger partial charge on any atom is -0.339 e. The maximum atomic E-state index is 13.3. The van der Waals surface area contributed by atoms with E-state index in [1.807, 2.05) is 24.0 Å². The topological polar surface area (TPSA) is 81.2 Å². The molecule has 1 saturated carbocycles. The van der Waals surface area contributed by atoms with Gasteiger partial charge in [0.1, 0.15) is 5.66 Å². The lowest BCUT2D eigenvalue weighted by atomic mass is 9.98. The van der Waals surface area contributed by atoms with E-state index in [0.29, 0.717) is 50.3 Å². The van der Waals surface area contributed by atoms with Crippen LogP contribution in [0.5, 0.6) is 0 Å². The highest BCUT2D eigenvalue weighted by Crippen LogP contribution is 2.44. The molecule has 5 rings (SSSR count). The van der Waals surface area contributed by atoms with Crippen molar-refractivity contribution in [3.05, 3.63) is 29.8 Å². The third-order valence-electron chi connectivity index (χ3n) is 7.94. The summed E-state index contributed by atoms with van der Waals surface area (Å²) in [6, 6.07) is 7.21. The van der Waals surface area contributed by atoms with Gasteiger partial charge >= 0.3 is 0 Å². The van der Waals surface area contributed by atoms with E-state index < -0.39 is 5.66 Å². The van der Waals surface area contributed by atoms with Crippen LogP contribution in [-0.4, -0.2) is 76.7 Å². The maximum Gasteiger partial charge on any atom is 0.257 e. The number of carbonyl (C=O) groups excluding carboxylic acids is 4. The molecule has 3 fully saturated rings. The van der Waals surface area contributed by atoms with Gasteiger partial charge in [0.25, 0.3) is 5.91 Å². The van der Waals surface area contributed by atoms with Crippen LogP contribution in [0.2, 0.25) is 0 Å². The van der Waals surface area contributed by atoms with E-state index in [0.717, 1.165) is 25.7 Å². The summed E-state index contributed by atoms with van der Waals surface area (Å²) in [5.41, 5.74) is 0.435. The second kappa shape index (κ2) is 8.47. The smallest absolute Gasteiger partial charge is 0.257 e. The minimum atomic E-state index is -0.741. The van der Waals surface area contributed by atoms with Crippen molar-refractivity contribution in [1.29, 1.82) is 0 Å². The summed E-state index contributed by atoms with van der Waals surface area (Å²) in [5.74, 6) is 0.291. The molecule has 1 unspecified atom stereocenters. The number of hydrogen-bond donors (Lipinski definition) is 0. The van der Waals surface area contributed by atoms with Gasteiger partial charge in [0.2, 0.25) is 17.7 Å². The maximum absolute atomic E-state index is 13.3. The quantitative estimate of drug-likeness (QED) is 0.702. The second-order valence-corrected chi connectivity index (χ2v) is 9.86. The number of amides is 4. The highest BCUT2D eigenvalue weighted by molar-refractivity contribution is 6.10. The Hall–Kier alpha value is -2.90. The van der Waals surface area contributed by atoms with E-state index in [1.165, 1.54) is 0 Å². The molecule has 1 aromatic carbocycles. The Morgan fingerprint density at radius 2 is 1.67 bits per heavy atom. The summed E-state index contributed by atoms with van der Waals surface area (Å²) >= 11 is 0. The van der Waals surface area contributed by atoms with E-state index in [9.17, 15) is 19.2 Å². The molecular formula is C25H32N4O4. The zero-order valence-corrected chi connectivity index (χ0v) is 19.3. The molecule has 4 aliphatic rings. The van der Waals surface area contributed by atoms with Gasteiger partial charge in [-0.1, -0.05) is 25.0 Å². The third-order valence-corrected chi connectivity index (χ3v) is 7.94. The molecule has 1 atom stereocenters. The van der Waals surface area contributed by atoms with E-state index in [-0.39, 0.29) is 42.5 Å². The molecule has 176 valence electrons. The van der Waals surface area contributed by atoms with Crippen LogP contribution in [0.3, 0.4) is 0 Å². The predicted octanol–water partition coefficient (Wildman–Crippen LogP) is 2.24. The van der Waals surface area contributed by atoms with Crippen LogP contribution in [0.15, 0.2) is 24.3 Å². The van der Waals surface area contributed by atoms with Crippen LogP contribution >= 0.6 is 0 Å². The normalized spacial score (nSPS) is 25.5. The van der Waals surface area contributed by atoms with E-state index >= 15 is 0 Å². The molecular weight excluding hydrogens is 420 g/mol. The second-order valence-electron chi connectivity index (χ2n) is 9.86. The van der Waals surface area contributed by atoms with E-state index in [1.54, 1.807) is 26.8 Å². The van der Waals surface area contributed by atoms with Crippen molar-refractivity contribution in [2.24, 2.45) is 5.92 Å². The van der Waals surface area contributed by atoms with Crippen LogP contribution in [0.4, 0.5) is 5.69 Å². The number of hydrogen-bond acceptors (Lipinski definition) is 4. The average Bonchev–Trinajstić information content (AvgIpc) is 3.47. The fourth-order valence-corrected chi connectivity index (χ4v) is 6.01. The molecule has 2 saturated heterocycles. The van der Waals surface area contributed by atoms with Gasteiger partial charge in [0, 0.05) is 51.5 Å². The highest BCUT2D eigenvalue weighted by atomic mass is 16.2. The molecule has 0 radical (unpaired) electrons. The van der Waals surface area contributed by atoms with Crippen molar-refractivity contribution < 1.29 is 19.2 Å². The monoisotopic (exact) mass is 452 g/mol. The van der Waals surface area contributed by atoms with Gasteiger partial charge in [-0.2, -0.15) is 0 Å². The Balaban J connectivity index is 1.22. The van der Waals surface area contributed by atoms with Gasteiger partial charge in [-0.3, -0.25) is 24.1 Å². The van der Waals surface area contributed by atoms with Crippen LogP contribution in [0, 0.1) is 5.92 Å². The number of para-hydroxylation sites is 1. The lowest BCUT2D eigenvalue weighted by molar-refractivity contribution is -0.142. The van der Waals surface area contributed by atoms with Crippen LogP contribution in [-0.2, 0) is 14.4 Å². The Kier molecular flexibility index (Phi) is 5.62. The van der Waals surface area contributed by atoms with Gasteiger partial charge in [-0.25, -0.2) is 0 Å². The van der Waals surface area contributed by atoms with Crippen molar-refractivity contribution in [3.8, 4) is 0 Å². The molecule has 33 heavy (non-hydrogen) atoms. The van der Waals surface area contributed by atoms with Gasteiger partial charge in [-0.15, -0.1) is 0 Å². The Labute approximate surface area is 194 Å². The fraction of sp³-hybridized carbons (Fsp3) is 0.600. The van der Waals surface area contributed by atoms with Crippen LogP contribution in [0.25, 0.3) is 0 Å². The van der Waals surface area contributed by atoms with Crippen molar-refractivity contribution in [1.82, 2.24) is 14.7 Å².